The fourth-order valence-corrected chi connectivity index (χ4v) is 2.69. The second-order valence-electron chi connectivity index (χ2n) is 5.62. The number of aliphatic hydroxyl groups excluding tert-OH is 1. The molecule has 4 heteroatoms. The lowest BCUT2D eigenvalue weighted by Crippen LogP contribution is -2.40. The van der Waals surface area contributed by atoms with Crippen LogP contribution >= 0.6 is 0 Å². The van der Waals surface area contributed by atoms with Crippen molar-refractivity contribution < 1.29 is 5.11 Å². The first-order valence-electron chi connectivity index (χ1n) is 7.07. The predicted molar refractivity (Wildman–Crippen MR) is 73.2 cm³/mol. The maximum Gasteiger partial charge on any atom is 0.0639 e. The van der Waals surface area contributed by atoms with Crippen LogP contribution in [0.1, 0.15) is 32.6 Å². The summed E-state index contributed by atoms with van der Waals surface area (Å²) in [6.45, 7) is 7.07. The number of piperidine rings is 1. The Kier molecular flexibility index (Phi) is 7.26. The third kappa shape index (κ3) is 6.34. The van der Waals surface area contributed by atoms with Gasteiger partial charge in [-0.2, -0.15) is 5.26 Å². The largest absolute Gasteiger partial charge is 0.392 e. The number of β-amino-alcohol motifs (C(OH)–C–C–N with tert-alkyl or cyclic N) is 1. The summed E-state index contributed by atoms with van der Waals surface area (Å²) >= 11 is 0. The highest BCUT2D eigenvalue weighted by Gasteiger charge is 2.20. The molecule has 4 nitrogen and oxygen atoms in total. The van der Waals surface area contributed by atoms with Crippen LogP contribution in [0.4, 0.5) is 0 Å². The van der Waals surface area contributed by atoms with Crippen molar-refractivity contribution in [1.82, 2.24) is 9.80 Å². The van der Waals surface area contributed by atoms with Gasteiger partial charge in [0.25, 0.3) is 0 Å². The van der Waals surface area contributed by atoms with Crippen molar-refractivity contribution >= 4 is 0 Å². The van der Waals surface area contributed by atoms with Crippen LogP contribution in [-0.2, 0) is 0 Å². The number of rotatable bonds is 7. The maximum atomic E-state index is 9.36. The molecular formula is C14H27N3O. The fourth-order valence-electron chi connectivity index (χ4n) is 2.69. The van der Waals surface area contributed by atoms with Gasteiger partial charge in [0.1, 0.15) is 0 Å². The van der Waals surface area contributed by atoms with E-state index in [0.29, 0.717) is 6.42 Å². The van der Waals surface area contributed by atoms with Crippen molar-refractivity contribution in [3.63, 3.8) is 0 Å². The molecule has 1 fully saturated rings. The minimum atomic E-state index is -0.213. The standard InChI is InChI=1S/C14H27N3O/c1-13(18)11-17-9-5-14(6-10-17)12-16(2)8-4-3-7-15/h13-14,18H,3-6,8-12H2,1-2H3/t13-/m1/s1. The third-order valence-electron chi connectivity index (χ3n) is 3.63. The minimum Gasteiger partial charge on any atom is -0.392 e. The molecule has 0 saturated carbocycles. The maximum absolute atomic E-state index is 9.36. The molecule has 0 aromatic heterocycles. The molecule has 0 aromatic carbocycles. The average molecular weight is 253 g/mol. The molecule has 0 aromatic rings. The first-order chi connectivity index (χ1) is 8.61. The van der Waals surface area contributed by atoms with E-state index in [2.05, 4.69) is 22.9 Å². The summed E-state index contributed by atoms with van der Waals surface area (Å²) in [6, 6.07) is 2.19. The minimum absolute atomic E-state index is 0.213. The Hall–Kier alpha value is -0.630. The van der Waals surface area contributed by atoms with Crippen LogP contribution in [0.2, 0.25) is 0 Å². The van der Waals surface area contributed by atoms with E-state index in [1.165, 1.54) is 12.8 Å². The number of hydrogen-bond donors (Lipinski definition) is 1. The van der Waals surface area contributed by atoms with Gasteiger partial charge in [-0.25, -0.2) is 0 Å². The molecule has 0 bridgehead atoms. The van der Waals surface area contributed by atoms with Crippen LogP contribution < -0.4 is 0 Å². The van der Waals surface area contributed by atoms with Gasteiger partial charge >= 0.3 is 0 Å². The van der Waals surface area contributed by atoms with Gasteiger partial charge in [-0.1, -0.05) is 0 Å². The summed E-state index contributed by atoms with van der Waals surface area (Å²) in [4.78, 5) is 4.71. The lowest BCUT2D eigenvalue weighted by Gasteiger charge is -2.34. The summed E-state index contributed by atoms with van der Waals surface area (Å²) in [5.74, 6) is 0.780. The lowest BCUT2D eigenvalue weighted by atomic mass is 9.96. The molecule has 104 valence electrons. The van der Waals surface area contributed by atoms with Crippen LogP contribution in [0.5, 0.6) is 0 Å². The Labute approximate surface area is 111 Å². The topological polar surface area (TPSA) is 50.5 Å². The molecule has 0 aliphatic carbocycles. The van der Waals surface area contributed by atoms with E-state index in [1.54, 1.807) is 0 Å². The molecule has 0 spiro atoms. The van der Waals surface area contributed by atoms with Gasteiger partial charge in [0, 0.05) is 19.5 Å². The first kappa shape index (κ1) is 15.4. The number of hydrogen-bond acceptors (Lipinski definition) is 4. The second kappa shape index (κ2) is 8.47. The smallest absolute Gasteiger partial charge is 0.0639 e. The zero-order chi connectivity index (χ0) is 13.4. The van der Waals surface area contributed by atoms with Gasteiger partial charge in [0.05, 0.1) is 12.2 Å². The van der Waals surface area contributed by atoms with E-state index >= 15 is 0 Å². The van der Waals surface area contributed by atoms with E-state index in [4.69, 9.17) is 5.26 Å². The van der Waals surface area contributed by atoms with Crippen LogP contribution in [0.3, 0.4) is 0 Å². The molecule has 18 heavy (non-hydrogen) atoms. The van der Waals surface area contributed by atoms with Crippen molar-refractivity contribution in [2.24, 2.45) is 5.92 Å². The third-order valence-corrected chi connectivity index (χ3v) is 3.63. The molecule has 0 amide bonds. The van der Waals surface area contributed by atoms with Crippen molar-refractivity contribution in [3.8, 4) is 6.07 Å². The quantitative estimate of drug-likeness (QED) is 0.695. The number of aliphatic hydroxyl groups is 1. The van der Waals surface area contributed by atoms with Crippen LogP contribution in [0.15, 0.2) is 0 Å². The Morgan fingerprint density at radius 3 is 2.67 bits per heavy atom. The Morgan fingerprint density at radius 2 is 2.11 bits per heavy atom. The van der Waals surface area contributed by atoms with Crippen molar-refractivity contribution in [1.29, 1.82) is 5.26 Å². The van der Waals surface area contributed by atoms with Gasteiger partial charge < -0.3 is 14.9 Å². The van der Waals surface area contributed by atoms with E-state index in [0.717, 1.165) is 45.1 Å². The zero-order valence-corrected chi connectivity index (χ0v) is 11.8. The summed E-state index contributed by atoms with van der Waals surface area (Å²) in [7, 11) is 2.15. The van der Waals surface area contributed by atoms with E-state index in [-0.39, 0.29) is 6.10 Å². The molecule has 1 saturated heterocycles. The summed E-state index contributed by atoms with van der Waals surface area (Å²) < 4.78 is 0. The van der Waals surface area contributed by atoms with Crippen molar-refractivity contribution in [3.05, 3.63) is 0 Å². The number of unbranched alkanes of at least 4 members (excludes halogenated alkanes) is 1. The van der Waals surface area contributed by atoms with Gasteiger partial charge in [0.15, 0.2) is 0 Å². The van der Waals surface area contributed by atoms with Crippen LogP contribution in [0.25, 0.3) is 0 Å². The molecule has 1 heterocycles. The van der Waals surface area contributed by atoms with E-state index in [9.17, 15) is 5.11 Å². The lowest BCUT2D eigenvalue weighted by molar-refractivity contribution is 0.0925. The Bertz CT molecular complexity index is 254. The Morgan fingerprint density at radius 1 is 1.44 bits per heavy atom. The molecule has 1 aliphatic heterocycles. The monoisotopic (exact) mass is 253 g/mol. The fraction of sp³-hybridized carbons (Fsp3) is 0.929. The van der Waals surface area contributed by atoms with Crippen molar-refractivity contribution in [2.45, 2.75) is 38.7 Å². The van der Waals surface area contributed by atoms with Gasteiger partial charge in [-0.3, -0.25) is 0 Å². The SMILES string of the molecule is C[C@@H](O)CN1CCC(CN(C)CCCC#N)CC1. The number of nitrogens with zero attached hydrogens (tertiary/aromatic N) is 3. The zero-order valence-electron chi connectivity index (χ0n) is 11.8. The molecule has 1 aliphatic rings. The van der Waals surface area contributed by atoms with Crippen molar-refractivity contribution in [2.75, 3.05) is 39.8 Å². The highest BCUT2D eigenvalue weighted by atomic mass is 16.3. The highest BCUT2D eigenvalue weighted by molar-refractivity contribution is 4.76. The average Bonchev–Trinajstić information content (AvgIpc) is 2.31. The summed E-state index contributed by atoms with van der Waals surface area (Å²) in [5.41, 5.74) is 0. The summed E-state index contributed by atoms with van der Waals surface area (Å²) in [5, 5.41) is 17.9. The molecular weight excluding hydrogens is 226 g/mol. The van der Waals surface area contributed by atoms with Gasteiger partial charge in [0.2, 0.25) is 0 Å². The second-order valence-corrected chi connectivity index (χ2v) is 5.62. The molecule has 0 unspecified atom stereocenters. The highest BCUT2D eigenvalue weighted by Crippen LogP contribution is 2.18. The van der Waals surface area contributed by atoms with Crippen LogP contribution in [-0.4, -0.2) is 60.8 Å². The number of likely N-dealkylation sites (tertiary alicyclic amines) is 1. The summed E-state index contributed by atoms with van der Waals surface area (Å²) in [6.07, 6.45) is 3.89. The first-order valence-corrected chi connectivity index (χ1v) is 7.07. The predicted octanol–water partition coefficient (Wildman–Crippen LogP) is 1.31. The van der Waals surface area contributed by atoms with Crippen LogP contribution in [0, 0.1) is 17.2 Å². The van der Waals surface area contributed by atoms with Gasteiger partial charge in [-0.15, -0.1) is 0 Å². The molecule has 0 radical (unpaired) electrons. The molecule has 1 atom stereocenters. The number of nitriles is 1. The van der Waals surface area contributed by atoms with E-state index < -0.39 is 0 Å². The molecule has 1 rings (SSSR count). The normalized spacial score (nSPS) is 19.9. The Balaban J connectivity index is 2.13. The van der Waals surface area contributed by atoms with Gasteiger partial charge in [-0.05, 0) is 58.8 Å². The van der Waals surface area contributed by atoms with E-state index in [1.807, 2.05) is 6.92 Å². The molecule has 1 N–H and O–H groups in total.